The van der Waals surface area contributed by atoms with Crippen LogP contribution in [-0.4, -0.2) is 29.3 Å². The van der Waals surface area contributed by atoms with Crippen molar-refractivity contribution in [3.05, 3.63) is 84.9 Å². The van der Waals surface area contributed by atoms with Crippen molar-refractivity contribution in [1.29, 1.82) is 0 Å². The fraction of sp³-hybridized carbons (Fsp3) is 0.250. The van der Waals surface area contributed by atoms with Gasteiger partial charge in [0.2, 0.25) is 5.91 Å². The van der Waals surface area contributed by atoms with Gasteiger partial charge in [0, 0.05) is 46.2 Å². The predicted octanol–water partition coefficient (Wildman–Crippen LogP) is 9.34. The molecule has 0 saturated carbocycles. The first kappa shape index (κ1) is 26.7. The Labute approximate surface area is 240 Å². The number of benzene rings is 4. The summed E-state index contributed by atoms with van der Waals surface area (Å²) < 4.78 is 15.2. The molecule has 5 nitrogen and oxygen atoms in total. The van der Waals surface area contributed by atoms with Crippen LogP contribution in [0.3, 0.4) is 0 Å². The van der Waals surface area contributed by atoms with E-state index in [-0.39, 0.29) is 5.91 Å². The summed E-state index contributed by atoms with van der Waals surface area (Å²) >= 11 is 0. The van der Waals surface area contributed by atoms with Crippen molar-refractivity contribution in [3.8, 4) is 33.9 Å². The molecule has 41 heavy (non-hydrogen) atoms. The van der Waals surface area contributed by atoms with E-state index in [1.54, 1.807) is 21.1 Å². The molecule has 6 aromatic rings. The number of carbonyl (C=O) groups is 1. The largest absolute Gasteiger partial charge is 0.497 e. The van der Waals surface area contributed by atoms with E-state index in [4.69, 9.17) is 9.47 Å². The van der Waals surface area contributed by atoms with E-state index in [9.17, 15) is 4.79 Å². The van der Waals surface area contributed by atoms with E-state index >= 15 is 0 Å². The Morgan fingerprint density at radius 1 is 0.683 bits per heavy atom. The van der Waals surface area contributed by atoms with Gasteiger partial charge in [0.15, 0.2) is 0 Å². The number of nitrogens with zero attached hydrogens (tertiary/aromatic N) is 2. The highest BCUT2D eigenvalue weighted by Crippen LogP contribution is 2.44. The average Bonchev–Trinajstić information content (AvgIpc) is 3.50. The van der Waals surface area contributed by atoms with Crippen LogP contribution in [0, 0.1) is 0 Å². The molecule has 0 unspecified atom stereocenters. The van der Waals surface area contributed by atoms with Crippen LogP contribution in [0.5, 0.6) is 11.5 Å². The van der Waals surface area contributed by atoms with Gasteiger partial charge in [-0.05, 0) is 72.1 Å². The summed E-state index contributed by atoms with van der Waals surface area (Å²) in [5, 5.41) is 3.45. The van der Waals surface area contributed by atoms with Crippen LogP contribution >= 0.6 is 0 Å². The average molecular weight is 545 g/mol. The van der Waals surface area contributed by atoms with Crippen molar-refractivity contribution in [2.75, 3.05) is 14.2 Å². The molecule has 0 aliphatic rings. The Bertz CT molecular complexity index is 1860. The summed E-state index contributed by atoms with van der Waals surface area (Å²) in [6, 6.07) is 29.2. The number of unbranched alkanes of at least 4 members (excludes halogenated alkanes) is 3. The van der Waals surface area contributed by atoms with E-state index in [1.807, 2.05) is 41.0 Å². The quantitative estimate of drug-likeness (QED) is 0.170. The van der Waals surface area contributed by atoms with Gasteiger partial charge in [0.1, 0.15) is 11.5 Å². The fourth-order valence-corrected chi connectivity index (χ4v) is 6.16. The Balaban J connectivity index is 1.70. The highest BCUT2D eigenvalue weighted by molar-refractivity contribution is 6.18. The molecule has 0 bridgehead atoms. The van der Waals surface area contributed by atoms with E-state index < -0.39 is 0 Å². The van der Waals surface area contributed by atoms with Gasteiger partial charge in [-0.3, -0.25) is 9.36 Å². The van der Waals surface area contributed by atoms with Gasteiger partial charge >= 0.3 is 0 Å². The molecular weight excluding hydrogens is 508 g/mol. The number of aromatic nitrogens is 2. The molecule has 4 aromatic carbocycles. The standard InChI is InChI=1S/C36H36N2O3/c1-5-6-7-10-21-37-32-12-9-8-11-29(32)30-22-34-31(23-33(30)37)35(25-13-17-27(40-3)18-14-25)36(38(34)24(2)39)26-15-19-28(41-4)20-16-26/h8-9,11-20,22-23H,5-7,10,21H2,1-4H3. The molecule has 0 N–H and O–H groups in total. The molecule has 0 aliphatic heterocycles. The number of hydrogen-bond acceptors (Lipinski definition) is 3. The first-order valence-electron chi connectivity index (χ1n) is 14.4. The van der Waals surface area contributed by atoms with Crippen molar-refractivity contribution < 1.29 is 14.3 Å². The maximum Gasteiger partial charge on any atom is 0.228 e. The second kappa shape index (κ2) is 11.2. The minimum atomic E-state index is -0.0248. The molecule has 5 heteroatoms. The van der Waals surface area contributed by atoms with Crippen molar-refractivity contribution in [1.82, 2.24) is 9.13 Å². The van der Waals surface area contributed by atoms with Crippen molar-refractivity contribution >= 4 is 38.6 Å². The van der Waals surface area contributed by atoms with Crippen LogP contribution in [-0.2, 0) is 6.54 Å². The minimum Gasteiger partial charge on any atom is -0.497 e. The van der Waals surface area contributed by atoms with Crippen LogP contribution < -0.4 is 9.47 Å². The van der Waals surface area contributed by atoms with Crippen LogP contribution in [0.15, 0.2) is 84.9 Å². The topological polar surface area (TPSA) is 45.4 Å². The molecule has 0 spiro atoms. The van der Waals surface area contributed by atoms with Gasteiger partial charge < -0.3 is 14.0 Å². The second-order valence-electron chi connectivity index (χ2n) is 10.7. The number of rotatable bonds is 9. The number of para-hydroxylation sites is 1. The molecule has 2 aromatic heterocycles. The highest BCUT2D eigenvalue weighted by atomic mass is 16.5. The Morgan fingerprint density at radius 2 is 1.32 bits per heavy atom. The lowest BCUT2D eigenvalue weighted by Crippen LogP contribution is -2.07. The third-order valence-corrected chi connectivity index (χ3v) is 8.15. The first-order chi connectivity index (χ1) is 20.0. The van der Waals surface area contributed by atoms with Gasteiger partial charge in [-0.1, -0.05) is 56.5 Å². The zero-order chi connectivity index (χ0) is 28.5. The number of carbonyl (C=O) groups excluding carboxylic acids is 1. The van der Waals surface area contributed by atoms with E-state index in [0.717, 1.165) is 57.8 Å². The summed E-state index contributed by atoms with van der Waals surface area (Å²) in [7, 11) is 3.34. The molecule has 208 valence electrons. The number of fused-ring (bicyclic) bond motifs is 4. The van der Waals surface area contributed by atoms with Crippen molar-refractivity contribution in [3.63, 3.8) is 0 Å². The van der Waals surface area contributed by atoms with Gasteiger partial charge in [0.25, 0.3) is 0 Å². The predicted molar refractivity (Wildman–Crippen MR) is 169 cm³/mol. The van der Waals surface area contributed by atoms with Crippen LogP contribution in [0.4, 0.5) is 0 Å². The zero-order valence-corrected chi connectivity index (χ0v) is 24.2. The van der Waals surface area contributed by atoms with Gasteiger partial charge in [-0.2, -0.15) is 0 Å². The maximum atomic E-state index is 13.4. The molecular formula is C36H36N2O3. The summed E-state index contributed by atoms with van der Waals surface area (Å²) in [5.41, 5.74) is 7.26. The molecule has 0 atom stereocenters. The fourth-order valence-electron chi connectivity index (χ4n) is 6.16. The minimum absolute atomic E-state index is 0.0248. The lowest BCUT2D eigenvalue weighted by molar-refractivity contribution is 0.0943. The smallest absolute Gasteiger partial charge is 0.228 e. The molecule has 6 rings (SSSR count). The molecule has 0 radical (unpaired) electrons. The molecule has 2 heterocycles. The van der Waals surface area contributed by atoms with E-state index in [2.05, 4.69) is 60.0 Å². The molecule has 0 saturated heterocycles. The van der Waals surface area contributed by atoms with E-state index in [1.165, 1.54) is 41.1 Å². The third kappa shape index (κ3) is 4.65. The normalized spacial score (nSPS) is 11.5. The first-order valence-corrected chi connectivity index (χ1v) is 14.4. The van der Waals surface area contributed by atoms with Crippen molar-refractivity contribution in [2.45, 2.75) is 46.1 Å². The van der Waals surface area contributed by atoms with Crippen molar-refractivity contribution in [2.24, 2.45) is 0 Å². The summed E-state index contributed by atoms with van der Waals surface area (Å²) in [4.78, 5) is 13.4. The van der Waals surface area contributed by atoms with Crippen LogP contribution in [0.25, 0.3) is 55.1 Å². The number of aryl methyl sites for hydroxylation is 1. The molecule has 0 aliphatic carbocycles. The lowest BCUT2D eigenvalue weighted by Gasteiger charge is -2.11. The highest BCUT2D eigenvalue weighted by Gasteiger charge is 2.24. The summed E-state index contributed by atoms with van der Waals surface area (Å²) in [6.07, 6.45) is 4.81. The van der Waals surface area contributed by atoms with Gasteiger partial charge in [0.05, 0.1) is 25.4 Å². The summed E-state index contributed by atoms with van der Waals surface area (Å²) in [6.45, 7) is 4.86. The molecule has 0 amide bonds. The van der Waals surface area contributed by atoms with E-state index in [0.29, 0.717) is 0 Å². The number of hydrogen-bond donors (Lipinski definition) is 0. The lowest BCUT2D eigenvalue weighted by atomic mass is 9.97. The molecule has 0 fully saturated rings. The third-order valence-electron chi connectivity index (χ3n) is 8.15. The number of methoxy groups -OCH3 is 2. The van der Waals surface area contributed by atoms with Crippen LogP contribution in [0.2, 0.25) is 0 Å². The maximum absolute atomic E-state index is 13.4. The monoisotopic (exact) mass is 544 g/mol. The second-order valence-corrected chi connectivity index (χ2v) is 10.7. The Kier molecular flexibility index (Phi) is 7.27. The SMILES string of the molecule is CCCCCCn1c2ccccc2c2cc3c(cc21)c(-c1ccc(OC)cc1)c(-c1ccc(OC)cc1)n3C(C)=O. The summed E-state index contributed by atoms with van der Waals surface area (Å²) in [5.74, 6) is 1.55. The zero-order valence-electron chi connectivity index (χ0n) is 24.2. The Hall–Kier alpha value is -4.51. The Morgan fingerprint density at radius 3 is 1.95 bits per heavy atom. The van der Waals surface area contributed by atoms with Gasteiger partial charge in [-0.15, -0.1) is 0 Å². The van der Waals surface area contributed by atoms with Gasteiger partial charge in [-0.25, -0.2) is 0 Å². The number of ether oxygens (including phenoxy) is 2. The van der Waals surface area contributed by atoms with Crippen LogP contribution in [0.1, 0.15) is 44.3 Å².